The van der Waals surface area contributed by atoms with Crippen LogP contribution >= 0.6 is 0 Å². The van der Waals surface area contributed by atoms with Gasteiger partial charge in [-0.2, -0.15) is 0 Å². The second kappa shape index (κ2) is 10.4. The van der Waals surface area contributed by atoms with E-state index in [1.807, 2.05) is 0 Å². The van der Waals surface area contributed by atoms with Gasteiger partial charge in [-0.15, -0.1) is 0 Å². The molecule has 0 amide bonds. The van der Waals surface area contributed by atoms with Crippen molar-refractivity contribution in [2.45, 2.75) is 66.1 Å². The number of hydrogen-bond donors (Lipinski definition) is 2. The molecule has 1 unspecified atom stereocenters. The van der Waals surface area contributed by atoms with Crippen molar-refractivity contribution in [3.8, 4) is 0 Å². The summed E-state index contributed by atoms with van der Waals surface area (Å²) in [5.41, 5.74) is 5.10. The van der Waals surface area contributed by atoms with Crippen molar-refractivity contribution >= 4 is 5.96 Å². The van der Waals surface area contributed by atoms with Crippen molar-refractivity contribution in [2.24, 2.45) is 4.99 Å². The molecule has 0 saturated carbocycles. The average Bonchev–Trinajstić information content (AvgIpc) is 3.17. The molecule has 1 atom stereocenters. The Hall–Kier alpha value is -2.34. The van der Waals surface area contributed by atoms with Gasteiger partial charge in [-0.3, -0.25) is 4.90 Å². The van der Waals surface area contributed by atoms with Crippen molar-refractivity contribution in [1.82, 2.24) is 20.7 Å². The Morgan fingerprint density at radius 3 is 2.69 bits per heavy atom. The van der Waals surface area contributed by atoms with Gasteiger partial charge >= 0.3 is 0 Å². The Morgan fingerprint density at radius 1 is 1.17 bits per heavy atom. The average molecular weight is 398 g/mol. The first-order chi connectivity index (χ1) is 14.2. The van der Waals surface area contributed by atoms with Gasteiger partial charge in [0.05, 0.1) is 12.2 Å². The molecule has 6 nitrogen and oxygen atoms in total. The number of aryl methyl sites for hydroxylation is 2. The molecule has 158 valence electrons. The minimum atomic E-state index is 0.431. The highest BCUT2D eigenvalue weighted by Gasteiger charge is 2.20. The lowest BCUT2D eigenvalue weighted by molar-refractivity contribution is 0.191. The molecule has 29 heavy (non-hydrogen) atoms. The van der Waals surface area contributed by atoms with Gasteiger partial charge in [-0.25, -0.2) is 4.99 Å². The second-order valence-electron chi connectivity index (χ2n) is 7.65. The number of hydrogen-bond acceptors (Lipinski definition) is 4. The molecule has 2 heterocycles. The number of aromatic nitrogens is 1. The fourth-order valence-corrected chi connectivity index (χ4v) is 3.88. The van der Waals surface area contributed by atoms with E-state index in [0.29, 0.717) is 12.6 Å². The van der Waals surface area contributed by atoms with Crippen LogP contribution in [0.3, 0.4) is 0 Å². The Bertz CT molecular complexity index is 792. The van der Waals surface area contributed by atoms with Crippen LogP contribution in [0.4, 0.5) is 0 Å². The third kappa shape index (κ3) is 5.38. The number of rotatable bonds is 8. The van der Waals surface area contributed by atoms with E-state index in [1.165, 1.54) is 11.1 Å². The Kier molecular flexibility index (Phi) is 7.69. The van der Waals surface area contributed by atoms with E-state index in [9.17, 15) is 0 Å². The Labute approximate surface area is 174 Å². The van der Waals surface area contributed by atoms with Crippen LogP contribution in [0.25, 0.3) is 0 Å². The highest BCUT2D eigenvalue weighted by Crippen LogP contribution is 2.20. The number of aliphatic imine (C=N–C) groups is 1. The monoisotopic (exact) mass is 397 g/mol. The minimum absolute atomic E-state index is 0.431. The van der Waals surface area contributed by atoms with E-state index >= 15 is 0 Å². The van der Waals surface area contributed by atoms with Gasteiger partial charge in [-0.05, 0) is 37.8 Å². The zero-order valence-corrected chi connectivity index (χ0v) is 18.3. The van der Waals surface area contributed by atoms with Crippen LogP contribution in [-0.2, 0) is 32.4 Å². The fourth-order valence-electron chi connectivity index (χ4n) is 3.88. The zero-order valence-electron chi connectivity index (χ0n) is 18.3. The fraction of sp³-hybridized carbons (Fsp3) is 0.565. The van der Waals surface area contributed by atoms with E-state index in [1.54, 1.807) is 0 Å². The molecule has 0 fully saturated rings. The molecule has 3 rings (SSSR count). The summed E-state index contributed by atoms with van der Waals surface area (Å²) in [4.78, 5) is 7.35. The normalized spacial score (nSPS) is 15.8. The summed E-state index contributed by atoms with van der Waals surface area (Å²) < 4.78 is 5.47. The summed E-state index contributed by atoms with van der Waals surface area (Å²) in [6, 6.07) is 9.22. The molecule has 0 aliphatic carbocycles. The highest BCUT2D eigenvalue weighted by atomic mass is 16.5. The third-order valence-electron chi connectivity index (χ3n) is 5.69. The van der Waals surface area contributed by atoms with Gasteiger partial charge in [0.25, 0.3) is 0 Å². The molecule has 1 aromatic carbocycles. The van der Waals surface area contributed by atoms with Crippen LogP contribution in [0.1, 0.15) is 55.8 Å². The van der Waals surface area contributed by atoms with Crippen molar-refractivity contribution in [1.29, 1.82) is 0 Å². The first kappa shape index (κ1) is 21.4. The Morgan fingerprint density at radius 2 is 1.97 bits per heavy atom. The largest absolute Gasteiger partial charge is 0.361 e. The first-order valence-corrected chi connectivity index (χ1v) is 10.9. The Balaban J connectivity index is 1.59. The summed E-state index contributed by atoms with van der Waals surface area (Å²) in [7, 11) is 0. The molecule has 0 spiro atoms. The number of fused-ring (bicyclic) bond motifs is 1. The smallest absolute Gasteiger partial charge is 0.191 e. The number of nitrogens with zero attached hydrogens (tertiary/aromatic N) is 3. The minimum Gasteiger partial charge on any atom is -0.361 e. The molecule has 6 heteroatoms. The van der Waals surface area contributed by atoms with Crippen LogP contribution < -0.4 is 10.6 Å². The maximum atomic E-state index is 5.47. The molecule has 0 saturated heterocycles. The van der Waals surface area contributed by atoms with Gasteiger partial charge < -0.3 is 15.2 Å². The van der Waals surface area contributed by atoms with Crippen molar-refractivity contribution in [3.05, 3.63) is 52.4 Å². The maximum absolute atomic E-state index is 5.47. The molecule has 2 aromatic rings. The summed E-state index contributed by atoms with van der Waals surface area (Å²) >= 11 is 0. The number of nitrogens with one attached hydrogen (secondary N) is 2. The first-order valence-electron chi connectivity index (χ1n) is 10.9. The van der Waals surface area contributed by atoms with Crippen molar-refractivity contribution in [2.75, 3.05) is 19.6 Å². The second-order valence-corrected chi connectivity index (χ2v) is 7.65. The lowest BCUT2D eigenvalue weighted by Crippen LogP contribution is -2.47. The molecule has 0 bridgehead atoms. The standard InChI is InChI=1S/C23H35N5O/c1-5-21-20(22(6-2)29-27-21)15-26-23(24-7-3)25-14-17(4)28-13-12-18-10-8-9-11-19(18)16-28/h8-11,17H,5-7,12-16H2,1-4H3,(H2,24,25,26). The molecule has 1 aliphatic heterocycles. The molecular formula is C23H35N5O. The van der Waals surface area contributed by atoms with Gasteiger partial charge in [-0.1, -0.05) is 43.3 Å². The molecule has 2 N–H and O–H groups in total. The van der Waals surface area contributed by atoms with Crippen molar-refractivity contribution in [3.63, 3.8) is 0 Å². The molecule has 1 aliphatic rings. The van der Waals surface area contributed by atoms with Crippen LogP contribution in [0.2, 0.25) is 0 Å². The van der Waals surface area contributed by atoms with Crippen LogP contribution in [0.15, 0.2) is 33.8 Å². The van der Waals surface area contributed by atoms with Crippen LogP contribution in [0.5, 0.6) is 0 Å². The summed E-state index contributed by atoms with van der Waals surface area (Å²) in [5, 5.41) is 11.1. The van der Waals surface area contributed by atoms with Gasteiger partial charge in [0, 0.05) is 44.2 Å². The zero-order chi connectivity index (χ0) is 20.6. The quantitative estimate of drug-likeness (QED) is 0.528. The topological polar surface area (TPSA) is 65.7 Å². The molecule has 1 aromatic heterocycles. The van der Waals surface area contributed by atoms with Gasteiger partial charge in [0.2, 0.25) is 0 Å². The third-order valence-corrected chi connectivity index (χ3v) is 5.69. The highest BCUT2D eigenvalue weighted by molar-refractivity contribution is 5.79. The van der Waals surface area contributed by atoms with Crippen LogP contribution in [-0.4, -0.2) is 41.7 Å². The predicted octanol–water partition coefficient (Wildman–Crippen LogP) is 3.30. The van der Waals surface area contributed by atoms with Crippen molar-refractivity contribution < 1.29 is 4.52 Å². The van der Waals surface area contributed by atoms with Gasteiger partial charge in [0.1, 0.15) is 5.76 Å². The van der Waals surface area contributed by atoms with E-state index in [4.69, 9.17) is 9.52 Å². The van der Waals surface area contributed by atoms with Crippen LogP contribution in [0, 0.1) is 0 Å². The summed E-state index contributed by atoms with van der Waals surface area (Å²) in [5.74, 6) is 1.80. The van der Waals surface area contributed by atoms with E-state index in [0.717, 1.165) is 68.4 Å². The van der Waals surface area contributed by atoms with E-state index in [-0.39, 0.29) is 0 Å². The molecule has 0 radical (unpaired) electrons. The lowest BCUT2D eigenvalue weighted by atomic mass is 9.99. The van der Waals surface area contributed by atoms with E-state index < -0.39 is 0 Å². The SMILES string of the molecule is CCNC(=NCc1c(CC)noc1CC)NCC(C)N1CCc2ccccc2C1. The van der Waals surface area contributed by atoms with E-state index in [2.05, 4.69) is 72.7 Å². The predicted molar refractivity (Wildman–Crippen MR) is 118 cm³/mol. The van der Waals surface area contributed by atoms with Gasteiger partial charge in [0.15, 0.2) is 5.96 Å². The lowest BCUT2D eigenvalue weighted by Gasteiger charge is -2.34. The molecular weight excluding hydrogens is 362 g/mol. The summed E-state index contributed by atoms with van der Waals surface area (Å²) in [6.07, 6.45) is 2.84. The number of benzene rings is 1. The maximum Gasteiger partial charge on any atom is 0.191 e. The number of guanidine groups is 1. The summed E-state index contributed by atoms with van der Waals surface area (Å²) in [6.45, 7) is 13.0.